The van der Waals surface area contributed by atoms with Crippen molar-refractivity contribution in [3.63, 3.8) is 0 Å². The van der Waals surface area contributed by atoms with Crippen LogP contribution in [0, 0.1) is 12.3 Å². The van der Waals surface area contributed by atoms with Crippen LogP contribution in [0.2, 0.25) is 0 Å². The first-order chi connectivity index (χ1) is 10.2. The minimum absolute atomic E-state index is 0.103. The van der Waals surface area contributed by atoms with Crippen LogP contribution in [-0.2, 0) is 11.3 Å². The monoisotopic (exact) mass is 287 g/mol. The highest BCUT2D eigenvalue weighted by atomic mass is 16.5. The number of aryl methyl sites for hydroxylation is 1. The summed E-state index contributed by atoms with van der Waals surface area (Å²) in [5.74, 6) is 0. The Kier molecular flexibility index (Phi) is 4.05. The number of aliphatic hydroxyl groups is 1. The number of benzene rings is 1. The minimum atomic E-state index is -0.103. The van der Waals surface area contributed by atoms with Gasteiger partial charge in [-0.15, -0.1) is 0 Å². The number of rotatable bonds is 6. The van der Waals surface area contributed by atoms with E-state index in [1.807, 2.05) is 6.20 Å². The van der Waals surface area contributed by atoms with Gasteiger partial charge in [-0.3, -0.25) is 5.10 Å². The second-order valence-corrected chi connectivity index (χ2v) is 5.89. The van der Waals surface area contributed by atoms with Gasteiger partial charge < -0.3 is 15.2 Å². The Morgan fingerprint density at radius 1 is 1.33 bits per heavy atom. The van der Waals surface area contributed by atoms with Crippen LogP contribution in [0.1, 0.15) is 11.1 Å². The van der Waals surface area contributed by atoms with Crippen LogP contribution in [0.25, 0.3) is 11.3 Å². The second kappa shape index (κ2) is 5.97. The highest BCUT2D eigenvalue weighted by molar-refractivity contribution is 5.62. The number of hydrogen-bond donors (Lipinski definition) is 3. The number of hydrogen-bond acceptors (Lipinski definition) is 4. The van der Waals surface area contributed by atoms with Crippen molar-refractivity contribution in [1.82, 2.24) is 15.5 Å². The van der Waals surface area contributed by atoms with E-state index in [0.29, 0.717) is 13.2 Å². The summed E-state index contributed by atoms with van der Waals surface area (Å²) in [6.07, 6.45) is 1.85. The van der Waals surface area contributed by atoms with Crippen molar-refractivity contribution >= 4 is 0 Å². The second-order valence-electron chi connectivity index (χ2n) is 5.89. The van der Waals surface area contributed by atoms with Crippen LogP contribution in [0.3, 0.4) is 0 Å². The zero-order valence-corrected chi connectivity index (χ0v) is 12.2. The lowest BCUT2D eigenvalue weighted by atomic mass is 9.87. The van der Waals surface area contributed by atoms with E-state index in [-0.39, 0.29) is 12.0 Å². The first-order valence-corrected chi connectivity index (χ1v) is 7.21. The van der Waals surface area contributed by atoms with E-state index in [2.05, 4.69) is 46.7 Å². The van der Waals surface area contributed by atoms with Gasteiger partial charge in [-0.2, -0.15) is 5.10 Å². The summed E-state index contributed by atoms with van der Waals surface area (Å²) in [6.45, 7) is 4.98. The van der Waals surface area contributed by atoms with Crippen LogP contribution in [0.4, 0.5) is 0 Å². The lowest BCUT2D eigenvalue weighted by Gasteiger charge is -2.40. The summed E-state index contributed by atoms with van der Waals surface area (Å²) < 4.78 is 5.20. The summed E-state index contributed by atoms with van der Waals surface area (Å²) in [5, 5.41) is 20.0. The van der Waals surface area contributed by atoms with Crippen molar-refractivity contribution < 1.29 is 9.84 Å². The molecule has 0 spiro atoms. The zero-order valence-electron chi connectivity index (χ0n) is 12.2. The van der Waals surface area contributed by atoms with Crippen molar-refractivity contribution in [2.24, 2.45) is 5.41 Å². The average molecular weight is 287 g/mol. The lowest BCUT2D eigenvalue weighted by molar-refractivity contribution is -0.134. The molecule has 5 nitrogen and oxygen atoms in total. The third-order valence-electron chi connectivity index (χ3n) is 4.03. The van der Waals surface area contributed by atoms with E-state index in [1.165, 1.54) is 5.56 Å². The van der Waals surface area contributed by atoms with E-state index in [1.54, 1.807) is 0 Å². The number of H-pyrrole nitrogens is 1. The Morgan fingerprint density at radius 2 is 2.10 bits per heavy atom. The van der Waals surface area contributed by atoms with E-state index >= 15 is 0 Å². The molecular formula is C16H21N3O2. The molecule has 3 N–H and O–H groups in total. The summed E-state index contributed by atoms with van der Waals surface area (Å²) in [4.78, 5) is 0. The summed E-state index contributed by atoms with van der Waals surface area (Å²) in [5.41, 5.74) is 4.46. The molecule has 0 saturated carbocycles. The predicted molar refractivity (Wildman–Crippen MR) is 80.8 cm³/mol. The molecule has 0 radical (unpaired) electrons. The molecule has 0 bridgehead atoms. The van der Waals surface area contributed by atoms with E-state index < -0.39 is 0 Å². The van der Waals surface area contributed by atoms with Crippen LogP contribution < -0.4 is 5.32 Å². The molecule has 0 atom stereocenters. The van der Waals surface area contributed by atoms with Gasteiger partial charge in [0.1, 0.15) is 0 Å². The van der Waals surface area contributed by atoms with E-state index in [0.717, 1.165) is 29.9 Å². The quantitative estimate of drug-likeness (QED) is 0.753. The molecule has 5 heteroatoms. The Balaban J connectivity index is 1.64. The van der Waals surface area contributed by atoms with Crippen molar-refractivity contribution in [2.75, 3.05) is 26.4 Å². The maximum atomic E-state index is 9.41. The molecule has 112 valence electrons. The van der Waals surface area contributed by atoms with Crippen molar-refractivity contribution in [2.45, 2.75) is 13.5 Å². The van der Waals surface area contributed by atoms with Crippen LogP contribution >= 0.6 is 0 Å². The maximum Gasteiger partial charge on any atom is 0.0695 e. The SMILES string of the molecule is Cc1ccc(-c2[nH]ncc2CNCC2(CO)COC2)cc1. The summed E-state index contributed by atoms with van der Waals surface area (Å²) >= 11 is 0. The fraction of sp³-hybridized carbons (Fsp3) is 0.438. The molecule has 2 aromatic rings. The molecular weight excluding hydrogens is 266 g/mol. The minimum Gasteiger partial charge on any atom is -0.396 e. The molecule has 1 aliphatic rings. The van der Waals surface area contributed by atoms with Gasteiger partial charge in [-0.25, -0.2) is 0 Å². The van der Waals surface area contributed by atoms with Gasteiger partial charge in [0.2, 0.25) is 0 Å². The molecule has 2 heterocycles. The van der Waals surface area contributed by atoms with Gasteiger partial charge in [0.25, 0.3) is 0 Å². The molecule has 3 rings (SSSR count). The zero-order chi connectivity index (χ0) is 14.7. The normalized spacial score (nSPS) is 16.7. The molecule has 1 fully saturated rings. The number of nitrogens with one attached hydrogen (secondary N) is 2. The third kappa shape index (κ3) is 3.00. The highest BCUT2D eigenvalue weighted by Crippen LogP contribution is 2.26. The molecule has 1 aromatic carbocycles. The smallest absolute Gasteiger partial charge is 0.0695 e. The highest BCUT2D eigenvalue weighted by Gasteiger charge is 2.37. The molecule has 0 amide bonds. The molecule has 21 heavy (non-hydrogen) atoms. The van der Waals surface area contributed by atoms with Gasteiger partial charge >= 0.3 is 0 Å². The predicted octanol–water partition coefficient (Wildman–Crippen LogP) is 1.48. The van der Waals surface area contributed by atoms with Gasteiger partial charge in [0, 0.05) is 18.7 Å². The van der Waals surface area contributed by atoms with Crippen LogP contribution in [-0.4, -0.2) is 41.7 Å². The lowest BCUT2D eigenvalue weighted by Crippen LogP contribution is -2.52. The molecule has 1 aliphatic heterocycles. The Hall–Kier alpha value is -1.69. The van der Waals surface area contributed by atoms with Gasteiger partial charge in [-0.05, 0) is 12.5 Å². The summed E-state index contributed by atoms with van der Waals surface area (Å²) in [7, 11) is 0. The Morgan fingerprint density at radius 3 is 2.71 bits per heavy atom. The largest absolute Gasteiger partial charge is 0.396 e. The Labute approximate surface area is 124 Å². The van der Waals surface area contributed by atoms with Crippen molar-refractivity contribution in [1.29, 1.82) is 0 Å². The maximum absolute atomic E-state index is 9.41. The number of aliphatic hydroxyl groups excluding tert-OH is 1. The molecule has 1 saturated heterocycles. The fourth-order valence-corrected chi connectivity index (χ4v) is 2.52. The van der Waals surface area contributed by atoms with Gasteiger partial charge in [0.05, 0.1) is 37.1 Å². The van der Waals surface area contributed by atoms with Gasteiger partial charge in [-0.1, -0.05) is 29.8 Å². The fourth-order valence-electron chi connectivity index (χ4n) is 2.52. The topological polar surface area (TPSA) is 70.2 Å². The number of aromatic nitrogens is 2. The number of ether oxygens (including phenoxy) is 1. The molecule has 0 unspecified atom stereocenters. The molecule has 1 aromatic heterocycles. The van der Waals surface area contributed by atoms with Crippen molar-refractivity contribution in [3.05, 3.63) is 41.6 Å². The summed E-state index contributed by atoms with van der Waals surface area (Å²) in [6, 6.07) is 8.39. The first-order valence-electron chi connectivity index (χ1n) is 7.21. The first kappa shape index (κ1) is 14.3. The van der Waals surface area contributed by atoms with Crippen LogP contribution in [0.15, 0.2) is 30.5 Å². The molecule has 0 aliphatic carbocycles. The van der Waals surface area contributed by atoms with Gasteiger partial charge in [0.15, 0.2) is 0 Å². The third-order valence-corrected chi connectivity index (χ3v) is 4.03. The van der Waals surface area contributed by atoms with E-state index in [4.69, 9.17) is 4.74 Å². The number of nitrogens with zero attached hydrogens (tertiary/aromatic N) is 1. The standard InChI is InChI=1S/C16H21N3O2/c1-12-2-4-13(5-3-12)15-14(7-18-19-15)6-17-8-16(9-20)10-21-11-16/h2-5,7,17,20H,6,8-11H2,1H3,(H,18,19). The van der Waals surface area contributed by atoms with Crippen LogP contribution in [0.5, 0.6) is 0 Å². The average Bonchev–Trinajstić information content (AvgIpc) is 2.91. The Bertz CT molecular complexity index is 582. The number of aromatic amines is 1. The van der Waals surface area contributed by atoms with Crippen molar-refractivity contribution in [3.8, 4) is 11.3 Å². The van der Waals surface area contributed by atoms with E-state index in [9.17, 15) is 5.11 Å².